The van der Waals surface area contributed by atoms with Gasteiger partial charge in [0.2, 0.25) is 0 Å². The number of hydrogen-bond donors (Lipinski definition) is 2. The van der Waals surface area contributed by atoms with Crippen LogP contribution in [0.25, 0.3) is 0 Å². The average molecular weight is 396 g/mol. The lowest BCUT2D eigenvalue weighted by Gasteiger charge is -2.13. The largest absolute Gasteiger partial charge is 0.452 e. The normalized spacial score (nSPS) is 12.2. The highest BCUT2D eigenvalue weighted by Gasteiger charge is 2.20. The van der Waals surface area contributed by atoms with Gasteiger partial charge in [-0.25, -0.2) is 13.2 Å². The van der Waals surface area contributed by atoms with Crippen molar-refractivity contribution in [3.8, 4) is 0 Å². The third-order valence-corrected chi connectivity index (χ3v) is 6.27. The van der Waals surface area contributed by atoms with Gasteiger partial charge in [0.25, 0.3) is 15.9 Å². The zero-order valence-corrected chi connectivity index (χ0v) is 16.0. The Kier molecular flexibility index (Phi) is 6.76. The van der Waals surface area contributed by atoms with E-state index in [0.29, 0.717) is 0 Å². The number of carbonyl (C=O) groups excluding carboxylic acids is 2. The lowest BCUT2D eigenvalue weighted by molar-refractivity contribution is -0.124. The Balaban J connectivity index is 2.08. The van der Waals surface area contributed by atoms with Crippen LogP contribution < -0.4 is 10.0 Å². The van der Waals surface area contributed by atoms with Crippen LogP contribution >= 0.6 is 11.3 Å². The lowest BCUT2D eigenvalue weighted by Crippen LogP contribution is -2.35. The fourth-order valence-corrected chi connectivity index (χ4v) is 4.06. The maximum absolute atomic E-state index is 12.3. The Morgan fingerprint density at radius 3 is 2.58 bits per heavy atom. The SMILES string of the molecule is CC[C@@H](C)NC(=O)COC(=O)c1ccccc1NS(=O)(=O)c1cccs1. The molecule has 1 atom stereocenters. The Hall–Kier alpha value is -2.39. The number of hydrogen-bond acceptors (Lipinski definition) is 6. The van der Waals surface area contributed by atoms with E-state index in [1.165, 1.54) is 18.2 Å². The molecule has 1 amide bonds. The zero-order chi connectivity index (χ0) is 19.2. The van der Waals surface area contributed by atoms with Crippen LogP contribution in [0.5, 0.6) is 0 Å². The minimum absolute atomic E-state index is 0.0221. The van der Waals surface area contributed by atoms with Crippen molar-refractivity contribution in [3.05, 3.63) is 47.3 Å². The molecule has 140 valence electrons. The number of para-hydroxylation sites is 1. The molecule has 9 heteroatoms. The monoisotopic (exact) mass is 396 g/mol. The summed E-state index contributed by atoms with van der Waals surface area (Å²) < 4.78 is 32.2. The number of anilines is 1. The van der Waals surface area contributed by atoms with E-state index in [1.807, 2.05) is 13.8 Å². The van der Waals surface area contributed by atoms with E-state index < -0.39 is 28.5 Å². The number of rotatable bonds is 8. The van der Waals surface area contributed by atoms with Gasteiger partial charge >= 0.3 is 5.97 Å². The number of sulfonamides is 1. The molecular weight excluding hydrogens is 376 g/mol. The average Bonchev–Trinajstić information content (AvgIpc) is 3.15. The third kappa shape index (κ3) is 5.30. The molecule has 26 heavy (non-hydrogen) atoms. The van der Waals surface area contributed by atoms with Crippen LogP contribution in [0.4, 0.5) is 5.69 Å². The number of nitrogens with one attached hydrogen (secondary N) is 2. The van der Waals surface area contributed by atoms with E-state index in [9.17, 15) is 18.0 Å². The quantitative estimate of drug-likeness (QED) is 0.668. The van der Waals surface area contributed by atoms with Crippen molar-refractivity contribution in [1.82, 2.24) is 5.32 Å². The predicted molar refractivity (Wildman–Crippen MR) is 99.7 cm³/mol. The molecule has 7 nitrogen and oxygen atoms in total. The van der Waals surface area contributed by atoms with Gasteiger partial charge in [0, 0.05) is 6.04 Å². The molecule has 2 rings (SSSR count). The molecular formula is C17H20N2O5S2. The zero-order valence-electron chi connectivity index (χ0n) is 14.4. The molecule has 0 radical (unpaired) electrons. The van der Waals surface area contributed by atoms with Gasteiger partial charge in [-0.15, -0.1) is 11.3 Å². The van der Waals surface area contributed by atoms with E-state index >= 15 is 0 Å². The van der Waals surface area contributed by atoms with Gasteiger partial charge in [0.15, 0.2) is 6.61 Å². The van der Waals surface area contributed by atoms with E-state index in [4.69, 9.17) is 4.74 Å². The first-order chi connectivity index (χ1) is 12.3. The van der Waals surface area contributed by atoms with Crippen LogP contribution in [0.2, 0.25) is 0 Å². The standard InChI is InChI=1S/C17H20N2O5S2/c1-3-12(2)18-15(20)11-24-17(21)13-7-4-5-8-14(13)19-26(22,23)16-9-6-10-25-16/h4-10,12,19H,3,11H2,1-2H3,(H,18,20)/t12-/m1/s1. The van der Waals surface area contributed by atoms with Crippen molar-refractivity contribution in [2.45, 2.75) is 30.5 Å². The van der Waals surface area contributed by atoms with Crippen LogP contribution in [0.3, 0.4) is 0 Å². The summed E-state index contributed by atoms with van der Waals surface area (Å²) in [6.45, 7) is 3.33. The molecule has 1 aromatic heterocycles. The number of carbonyl (C=O) groups is 2. The van der Waals surface area contributed by atoms with Crippen molar-refractivity contribution in [1.29, 1.82) is 0 Å². The molecule has 0 bridgehead atoms. The highest BCUT2D eigenvalue weighted by Crippen LogP contribution is 2.23. The molecule has 0 saturated carbocycles. The smallest absolute Gasteiger partial charge is 0.340 e. The van der Waals surface area contributed by atoms with Gasteiger partial charge < -0.3 is 10.1 Å². The van der Waals surface area contributed by atoms with Crippen LogP contribution in [-0.4, -0.2) is 32.9 Å². The third-order valence-electron chi connectivity index (χ3n) is 3.51. The summed E-state index contributed by atoms with van der Waals surface area (Å²) in [6, 6.07) is 9.13. The van der Waals surface area contributed by atoms with Crippen molar-refractivity contribution < 1.29 is 22.7 Å². The minimum atomic E-state index is -3.80. The topological polar surface area (TPSA) is 102 Å². The summed E-state index contributed by atoms with van der Waals surface area (Å²) >= 11 is 1.07. The maximum atomic E-state index is 12.3. The fourth-order valence-electron chi connectivity index (χ4n) is 1.99. The van der Waals surface area contributed by atoms with Crippen LogP contribution in [-0.2, 0) is 19.6 Å². The minimum Gasteiger partial charge on any atom is -0.452 e. The highest BCUT2D eigenvalue weighted by atomic mass is 32.2. The maximum Gasteiger partial charge on any atom is 0.340 e. The molecule has 0 aliphatic heterocycles. The van der Waals surface area contributed by atoms with Crippen molar-refractivity contribution >= 4 is 38.9 Å². The van der Waals surface area contributed by atoms with Gasteiger partial charge in [-0.2, -0.15) is 0 Å². The number of ether oxygens (including phenoxy) is 1. The Labute approximate surface area is 156 Å². The predicted octanol–water partition coefficient (Wildman–Crippen LogP) is 2.62. The molecule has 0 aliphatic carbocycles. The lowest BCUT2D eigenvalue weighted by atomic mass is 10.2. The first-order valence-corrected chi connectivity index (χ1v) is 10.3. The van der Waals surface area contributed by atoms with E-state index in [-0.39, 0.29) is 21.5 Å². The summed E-state index contributed by atoms with van der Waals surface area (Å²) in [6.07, 6.45) is 0.757. The van der Waals surface area contributed by atoms with Crippen LogP contribution in [0.15, 0.2) is 46.0 Å². The summed E-state index contributed by atoms with van der Waals surface area (Å²) in [5, 5.41) is 4.32. The van der Waals surface area contributed by atoms with E-state index in [1.54, 1.807) is 23.6 Å². The molecule has 1 aromatic carbocycles. The summed E-state index contributed by atoms with van der Waals surface area (Å²) in [5.41, 5.74) is 0.122. The van der Waals surface area contributed by atoms with Gasteiger partial charge in [0.05, 0.1) is 11.3 Å². The van der Waals surface area contributed by atoms with Gasteiger partial charge in [-0.05, 0) is 36.9 Å². The molecule has 0 aliphatic rings. The summed E-state index contributed by atoms with van der Waals surface area (Å²) in [7, 11) is -3.80. The van der Waals surface area contributed by atoms with Crippen molar-refractivity contribution in [2.75, 3.05) is 11.3 Å². The second-order valence-corrected chi connectivity index (χ2v) is 8.39. The molecule has 0 saturated heterocycles. The van der Waals surface area contributed by atoms with E-state index in [0.717, 1.165) is 17.8 Å². The fraction of sp³-hybridized carbons (Fsp3) is 0.294. The van der Waals surface area contributed by atoms with Crippen LogP contribution in [0, 0.1) is 0 Å². The molecule has 0 unspecified atom stereocenters. The van der Waals surface area contributed by atoms with Crippen LogP contribution in [0.1, 0.15) is 30.6 Å². The number of amides is 1. The van der Waals surface area contributed by atoms with Crippen molar-refractivity contribution in [3.63, 3.8) is 0 Å². The highest BCUT2D eigenvalue weighted by molar-refractivity contribution is 7.94. The van der Waals surface area contributed by atoms with Gasteiger partial charge in [-0.1, -0.05) is 25.1 Å². The van der Waals surface area contributed by atoms with Gasteiger partial charge in [0.1, 0.15) is 4.21 Å². The number of thiophene rings is 1. The number of benzene rings is 1. The Morgan fingerprint density at radius 1 is 1.19 bits per heavy atom. The molecule has 2 aromatic rings. The first-order valence-electron chi connectivity index (χ1n) is 7.95. The second-order valence-electron chi connectivity index (χ2n) is 5.54. The summed E-state index contributed by atoms with van der Waals surface area (Å²) in [5.74, 6) is -1.20. The number of esters is 1. The van der Waals surface area contributed by atoms with Crippen molar-refractivity contribution in [2.24, 2.45) is 0 Å². The molecule has 1 heterocycles. The Bertz CT molecular complexity index is 863. The molecule has 2 N–H and O–H groups in total. The van der Waals surface area contributed by atoms with E-state index in [2.05, 4.69) is 10.0 Å². The first kappa shape index (κ1) is 19.9. The van der Waals surface area contributed by atoms with Gasteiger partial charge in [-0.3, -0.25) is 9.52 Å². The second kappa shape index (κ2) is 8.81. The Morgan fingerprint density at radius 2 is 1.92 bits per heavy atom. The molecule has 0 fully saturated rings. The molecule has 0 spiro atoms. The summed E-state index contributed by atoms with van der Waals surface area (Å²) in [4.78, 5) is 24.0.